The SMILES string of the molecule is COc1ccc(C(N)c2ccc(F)cc2Br)cc1Cl. The van der Waals surface area contributed by atoms with Crippen molar-refractivity contribution in [1.82, 2.24) is 0 Å². The molecular formula is C14H12BrClFNO. The minimum atomic E-state index is -0.390. The van der Waals surface area contributed by atoms with Crippen molar-refractivity contribution in [2.75, 3.05) is 7.11 Å². The summed E-state index contributed by atoms with van der Waals surface area (Å²) in [5.41, 5.74) is 7.80. The Labute approximate surface area is 124 Å². The Morgan fingerprint density at radius 2 is 2.00 bits per heavy atom. The highest BCUT2D eigenvalue weighted by Gasteiger charge is 2.14. The number of hydrogen-bond acceptors (Lipinski definition) is 2. The molecule has 0 radical (unpaired) electrons. The van der Waals surface area contributed by atoms with E-state index in [0.717, 1.165) is 11.1 Å². The fourth-order valence-corrected chi connectivity index (χ4v) is 2.67. The van der Waals surface area contributed by atoms with Crippen molar-refractivity contribution in [3.05, 3.63) is 62.8 Å². The van der Waals surface area contributed by atoms with Gasteiger partial charge in [-0.15, -0.1) is 0 Å². The van der Waals surface area contributed by atoms with Gasteiger partial charge in [-0.2, -0.15) is 0 Å². The molecule has 1 atom stereocenters. The van der Waals surface area contributed by atoms with Crippen molar-refractivity contribution in [1.29, 1.82) is 0 Å². The van der Waals surface area contributed by atoms with Crippen molar-refractivity contribution >= 4 is 27.5 Å². The van der Waals surface area contributed by atoms with Crippen molar-refractivity contribution in [2.45, 2.75) is 6.04 Å². The number of halogens is 3. The molecule has 2 rings (SSSR count). The van der Waals surface area contributed by atoms with Crippen LogP contribution in [-0.2, 0) is 0 Å². The fourth-order valence-electron chi connectivity index (χ4n) is 1.81. The van der Waals surface area contributed by atoms with Gasteiger partial charge in [0, 0.05) is 4.47 Å². The Balaban J connectivity index is 2.38. The summed E-state index contributed by atoms with van der Waals surface area (Å²) in [5.74, 6) is 0.284. The molecule has 0 amide bonds. The quantitative estimate of drug-likeness (QED) is 0.901. The molecule has 0 saturated heterocycles. The summed E-state index contributed by atoms with van der Waals surface area (Å²) in [6.45, 7) is 0. The molecule has 19 heavy (non-hydrogen) atoms. The smallest absolute Gasteiger partial charge is 0.137 e. The van der Waals surface area contributed by atoms with Crippen LogP contribution in [0.1, 0.15) is 17.2 Å². The van der Waals surface area contributed by atoms with E-state index < -0.39 is 6.04 Å². The molecule has 0 heterocycles. The zero-order valence-electron chi connectivity index (χ0n) is 10.2. The first-order valence-corrected chi connectivity index (χ1v) is 6.74. The molecule has 0 aliphatic heterocycles. The average molecular weight is 345 g/mol. The number of nitrogens with two attached hydrogens (primary N) is 1. The molecule has 5 heteroatoms. The standard InChI is InChI=1S/C14H12BrClFNO/c1-19-13-5-2-8(6-12(13)16)14(18)10-4-3-9(17)7-11(10)15/h2-7,14H,18H2,1H3. The summed E-state index contributed by atoms with van der Waals surface area (Å²) in [4.78, 5) is 0. The van der Waals surface area contributed by atoms with E-state index in [0.29, 0.717) is 15.2 Å². The first kappa shape index (κ1) is 14.3. The second kappa shape index (κ2) is 5.90. The summed E-state index contributed by atoms with van der Waals surface area (Å²) >= 11 is 9.39. The molecule has 0 aliphatic carbocycles. The molecular weight excluding hydrogens is 333 g/mol. The molecule has 0 aromatic heterocycles. The van der Waals surface area contributed by atoms with Crippen molar-refractivity contribution < 1.29 is 9.13 Å². The predicted octanol–water partition coefficient (Wildman–Crippen LogP) is 4.30. The average Bonchev–Trinajstić information content (AvgIpc) is 2.38. The van der Waals surface area contributed by atoms with Gasteiger partial charge in [0.25, 0.3) is 0 Å². The number of benzene rings is 2. The molecule has 2 aromatic rings. The van der Waals surface area contributed by atoms with Gasteiger partial charge in [0.2, 0.25) is 0 Å². The third-order valence-electron chi connectivity index (χ3n) is 2.83. The fraction of sp³-hybridized carbons (Fsp3) is 0.143. The summed E-state index contributed by atoms with van der Waals surface area (Å²) in [6, 6.07) is 9.38. The second-order valence-electron chi connectivity index (χ2n) is 4.04. The van der Waals surface area contributed by atoms with E-state index in [1.165, 1.54) is 12.1 Å². The molecule has 0 aliphatic rings. The van der Waals surface area contributed by atoms with E-state index in [9.17, 15) is 4.39 Å². The lowest BCUT2D eigenvalue weighted by atomic mass is 9.99. The molecule has 2 nitrogen and oxygen atoms in total. The van der Waals surface area contributed by atoms with Gasteiger partial charge in [-0.3, -0.25) is 0 Å². The van der Waals surface area contributed by atoms with Crippen LogP contribution < -0.4 is 10.5 Å². The van der Waals surface area contributed by atoms with E-state index in [2.05, 4.69) is 15.9 Å². The van der Waals surface area contributed by atoms with Crippen LogP contribution in [0.25, 0.3) is 0 Å². The third-order valence-corrected chi connectivity index (χ3v) is 3.81. The number of hydrogen-bond donors (Lipinski definition) is 1. The molecule has 2 N–H and O–H groups in total. The highest BCUT2D eigenvalue weighted by atomic mass is 79.9. The van der Waals surface area contributed by atoms with Crippen LogP contribution in [0.5, 0.6) is 5.75 Å². The van der Waals surface area contributed by atoms with Crippen LogP contribution in [0.15, 0.2) is 40.9 Å². The van der Waals surface area contributed by atoms with E-state index in [-0.39, 0.29) is 5.82 Å². The molecule has 2 aromatic carbocycles. The van der Waals surface area contributed by atoms with Gasteiger partial charge >= 0.3 is 0 Å². The first-order chi connectivity index (χ1) is 9.02. The summed E-state index contributed by atoms with van der Waals surface area (Å²) < 4.78 is 18.8. The van der Waals surface area contributed by atoms with E-state index in [1.807, 2.05) is 6.07 Å². The Bertz CT molecular complexity index is 606. The van der Waals surface area contributed by atoms with Gasteiger partial charge in [0.1, 0.15) is 11.6 Å². The maximum Gasteiger partial charge on any atom is 0.137 e. The summed E-state index contributed by atoms with van der Waals surface area (Å²) in [5, 5.41) is 0.494. The van der Waals surface area contributed by atoms with Crippen molar-refractivity contribution in [3.8, 4) is 5.75 Å². The van der Waals surface area contributed by atoms with Crippen LogP contribution in [0.4, 0.5) is 4.39 Å². The molecule has 0 saturated carbocycles. The Morgan fingerprint density at radius 3 is 2.58 bits per heavy atom. The summed E-state index contributed by atoms with van der Waals surface area (Å²) in [6.07, 6.45) is 0. The Kier molecular flexibility index (Phi) is 4.45. The number of rotatable bonds is 3. The van der Waals surface area contributed by atoms with Crippen LogP contribution in [0, 0.1) is 5.82 Å². The van der Waals surface area contributed by atoms with E-state index >= 15 is 0 Å². The lowest BCUT2D eigenvalue weighted by Crippen LogP contribution is -2.12. The van der Waals surface area contributed by atoms with Gasteiger partial charge in [-0.1, -0.05) is 39.7 Å². The van der Waals surface area contributed by atoms with Crippen LogP contribution in [0.3, 0.4) is 0 Å². The predicted molar refractivity (Wildman–Crippen MR) is 78.1 cm³/mol. The minimum absolute atomic E-state index is 0.310. The van der Waals surface area contributed by atoms with Gasteiger partial charge in [-0.25, -0.2) is 4.39 Å². The normalized spacial score (nSPS) is 12.3. The van der Waals surface area contributed by atoms with E-state index in [4.69, 9.17) is 22.1 Å². The lowest BCUT2D eigenvalue weighted by Gasteiger charge is -2.15. The van der Waals surface area contributed by atoms with Gasteiger partial charge in [-0.05, 0) is 35.4 Å². The molecule has 100 valence electrons. The minimum Gasteiger partial charge on any atom is -0.495 e. The van der Waals surface area contributed by atoms with Crippen LogP contribution >= 0.6 is 27.5 Å². The van der Waals surface area contributed by atoms with Crippen molar-refractivity contribution in [2.24, 2.45) is 5.73 Å². The first-order valence-electron chi connectivity index (χ1n) is 5.57. The lowest BCUT2D eigenvalue weighted by molar-refractivity contribution is 0.415. The summed E-state index contributed by atoms with van der Waals surface area (Å²) in [7, 11) is 1.55. The highest BCUT2D eigenvalue weighted by molar-refractivity contribution is 9.10. The maximum absolute atomic E-state index is 13.1. The van der Waals surface area contributed by atoms with Crippen molar-refractivity contribution in [3.63, 3.8) is 0 Å². The zero-order valence-corrected chi connectivity index (χ0v) is 12.5. The Morgan fingerprint density at radius 1 is 1.26 bits per heavy atom. The molecule has 0 fully saturated rings. The number of methoxy groups -OCH3 is 1. The van der Waals surface area contributed by atoms with Gasteiger partial charge in [0.15, 0.2) is 0 Å². The molecule has 0 bridgehead atoms. The van der Waals surface area contributed by atoms with E-state index in [1.54, 1.807) is 25.3 Å². The monoisotopic (exact) mass is 343 g/mol. The zero-order chi connectivity index (χ0) is 14.0. The van der Waals surface area contributed by atoms with Crippen LogP contribution in [0.2, 0.25) is 5.02 Å². The van der Waals surface area contributed by atoms with Gasteiger partial charge < -0.3 is 10.5 Å². The van der Waals surface area contributed by atoms with Gasteiger partial charge in [0.05, 0.1) is 18.2 Å². The highest BCUT2D eigenvalue weighted by Crippen LogP contribution is 2.32. The maximum atomic E-state index is 13.1. The number of ether oxygens (including phenoxy) is 1. The molecule has 1 unspecified atom stereocenters. The Hall–Kier alpha value is -1.10. The van der Waals surface area contributed by atoms with Crippen LogP contribution in [-0.4, -0.2) is 7.11 Å². The largest absolute Gasteiger partial charge is 0.495 e. The third kappa shape index (κ3) is 3.08. The molecule has 0 spiro atoms. The topological polar surface area (TPSA) is 35.2 Å². The second-order valence-corrected chi connectivity index (χ2v) is 5.30.